The number of hydrogen-bond acceptors (Lipinski definition) is 5. The number of carbonyl (C=O) groups excluding carboxylic acids is 1. The van der Waals surface area contributed by atoms with E-state index in [0.29, 0.717) is 5.69 Å². The van der Waals surface area contributed by atoms with Crippen molar-refractivity contribution in [3.8, 4) is 0 Å². The number of β-lactam (4-membered cyclic amide) rings is 1. The summed E-state index contributed by atoms with van der Waals surface area (Å²) >= 11 is 14.9. The van der Waals surface area contributed by atoms with E-state index in [0.717, 1.165) is 0 Å². The van der Waals surface area contributed by atoms with E-state index in [1.54, 1.807) is 0 Å². The number of non-ortho nitro benzene ring substituents is 1. The molecule has 1 heterocycles. The van der Waals surface area contributed by atoms with Gasteiger partial charge in [-0.25, -0.2) is 0 Å². The van der Waals surface area contributed by atoms with Crippen molar-refractivity contribution < 1.29 is 39.3 Å². The Labute approximate surface area is 141 Å². The molecule has 1 aromatic rings. The first-order chi connectivity index (χ1) is 7.85. The molecule has 90 valence electrons. The Kier molecular flexibility index (Phi) is 5.02. The molecule has 0 radical (unpaired) electrons. The third-order valence-corrected chi connectivity index (χ3v) is 4.07. The number of nitro groups is 1. The molecule has 1 amide bonds. The average Bonchev–Trinajstić information content (AvgIpc) is 2.29. The van der Waals surface area contributed by atoms with E-state index in [-0.39, 0.29) is 41.2 Å². The van der Waals surface area contributed by atoms with E-state index >= 15 is 0 Å². The number of thiol groups is 1. The predicted octanol–water partition coefficient (Wildman–Crippen LogP) is -1.32. The predicted molar refractivity (Wildman–Crippen MR) is 69.3 cm³/mol. The second-order valence-corrected chi connectivity index (χ2v) is 5.51. The Bertz CT molecular complexity index is 497. The average molecular weight is 313 g/mol. The number of amides is 1. The van der Waals surface area contributed by atoms with Gasteiger partial charge in [0.25, 0.3) is 5.69 Å². The summed E-state index contributed by atoms with van der Waals surface area (Å²) in [5, 5.41) is 9.61. The van der Waals surface area contributed by atoms with Gasteiger partial charge >= 0.3 is 29.6 Å². The van der Waals surface area contributed by atoms with Gasteiger partial charge in [0.05, 0.1) is 4.92 Å². The standard InChI is InChI=1S/C9H7ClN2O3S2.Na/c10-7-8(13)11(9(7,16)17)5-1-3-6(4-2-5)12(14)15;/h1-4,7,16-17H;/q;+1/p-1. The van der Waals surface area contributed by atoms with Crippen LogP contribution in [-0.2, 0) is 17.4 Å². The number of hydrogen-bond donors (Lipinski definition) is 1. The number of halogens is 1. The number of nitrogens with zero attached hydrogens (tertiary/aromatic N) is 2. The van der Waals surface area contributed by atoms with Gasteiger partial charge < -0.3 is 17.5 Å². The van der Waals surface area contributed by atoms with Crippen LogP contribution in [0.5, 0.6) is 0 Å². The maximum absolute atomic E-state index is 11.5. The molecule has 1 aromatic carbocycles. The van der Waals surface area contributed by atoms with E-state index in [1.807, 2.05) is 0 Å². The van der Waals surface area contributed by atoms with Gasteiger partial charge in [-0.15, -0.1) is 11.6 Å². The van der Waals surface area contributed by atoms with Gasteiger partial charge in [-0.1, -0.05) is 0 Å². The second-order valence-electron chi connectivity index (χ2n) is 3.47. The SMILES string of the molecule is O=C1C(Cl)C([S-])(S)N1c1ccc([N+](=O)[O-])cc1.[Na+]. The molecule has 0 N–H and O–H groups in total. The molecule has 1 aliphatic rings. The minimum absolute atomic E-state index is 0. The van der Waals surface area contributed by atoms with E-state index < -0.39 is 14.5 Å². The number of anilines is 1. The van der Waals surface area contributed by atoms with E-state index in [1.165, 1.54) is 29.2 Å². The maximum atomic E-state index is 11.5. The number of benzene rings is 1. The topological polar surface area (TPSA) is 63.5 Å². The van der Waals surface area contributed by atoms with E-state index in [2.05, 4.69) is 12.6 Å². The van der Waals surface area contributed by atoms with Gasteiger partial charge in [0, 0.05) is 17.8 Å². The van der Waals surface area contributed by atoms with Gasteiger partial charge in [-0.2, -0.15) is 12.6 Å². The molecule has 2 rings (SSSR count). The molecule has 1 fully saturated rings. The van der Waals surface area contributed by atoms with Crippen LogP contribution >= 0.6 is 24.2 Å². The summed E-state index contributed by atoms with van der Waals surface area (Å²) in [5.41, 5.74) is 0.390. The molecular weight excluding hydrogens is 307 g/mol. The number of carbonyl (C=O) groups is 1. The van der Waals surface area contributed by atoms with Crippen molar-refractivity contribution in [1.82, 2.24) is 0 Å². The summed E-state index contributed by atoms with van der Waals surface area (Å²) in [7, 11) is 0. The zero-order chi connectivity index (χ0) is 12.8. The number of rotatable bonds is 2. The Balaban J connectivity index is 0.00000162. The number of nitro benzene ring substituents is 1. The molecule has 0 bridgehead atoms. The van der Waals surface area contributed by atoms with Crippen LogP contribution in [0.1, 0.15) is 0 Å². The first-order valence-electron chi connectivity index (χ1n) is 4.51. The van der Waals surface area contributed by atoms with Crippen molar-refractivity contribution in [1.29, 1.82) is 0 Å². The van der Waals surface area contributed by atoms with Crippen molar-refractivity contribution in [2.75, 3.05) is 4.90 Å². The van der Waals surface area contributed by atoms with Crippen LogP contribution in [0.2, 0.25) is 0 Å². The molecule has 9 heteroatoms. The van der Waals surface area contributed by atoms with Crippen molar-refractivity contribution in [2.45, 2.75) is 9.58 Å². The molecule has 0 aliphatic carbocycles. The fourth-order valence-corrected chi connectivity index (χ4v) is 2.33. The molecular formula is C9H6ClN2NaO3S2. The van der Waals surface area contributed by atoms with E-state index in [4.69, 9.17) is 24.2 Å². The first-order valence-corrected chi connectivity index (χ1v) is 5.80. The maximum Gasteiger partial charge on any atom is 1.00 e. The second kappa shape index (κ2) is 5.60. The molecule has 0 saturated carbocycles. The summed E-state index contributed by atoms with van der Waals surface area (Å²) in [6.45, 7) is 0. The molecule has 0 spiro atoms. The van der Waals surface area contributed by atoms with Gasteiger partial charge in [0.15, 0.2) is 0 Å². The van der Waals surface area contributed by atoms with Gasteiger partial charge in [-0.3, -0.25) is 14.9 Å². The first kappa shape index (κ1) is 16.1. The molecule has 1 saturated heterocycles. The third kappa shape index (κ3) is 2.52. The molecule has 0 aromatic heterocycles. The molecule has 1 aliphatic heterocycles. The fourth-order valence-electron chi connectivity index (χ4n) is 1.51. The molecule has 18 heavy (non-hydrogen) atoms. The summed E-state index contributed by atoms with van der Waals surface area (Å²) in [6, 6.07) is 5.47. The molecule has 2 atom stereocenters. The van der Waals surface area contributed by atoms with Crippen LogP contribution in [0, 0.1) is 10.1 Å². The quantitative estimate of drug-likeness (QED) is 0.140. The van der Waals surface area contributed by atoms with Crippen molar-refractivity contribution in [3.63, 3.8) is 0 Å². The Morgan fingerprint density at radius 2 is 1.94 bits per heavy atom. The van der Waals surface area contributed by atoms with Gasteiger partial charge in [0.2, 0.25) is 5.91 Å². The zero-order valence-corrected chi connectivity index (χ0v) is 13.7. The van der Waals surface area contributed by atoms with E-state index in [9.17, 15) is 14.9 Å². The minimum atomic E-state index is -1.19. The van der Waals surface area contributed by atoms with Crippen molar-refractivity contribution in [2.24, 2.45) is 0 Å². The summed E-state index contributed by atoms with van der Waals surface area (Å²) in [5.74, 6) is -0.356. The van der Waals surface area contributed by atoms with Crippen molar-refractivity contribution >= 4 is 54.1 Å². The zero-order valence-electron chi connectivity index (χ0n) is 9.24. The Hall–Kier alpha value is 0.0800. The van der Waals surface area contributed by atoms with Crippen LogP contribution in [-0.4, -0.2) is 20.4 Å². The largest absolute Gasteiger partial charge is 1.00 e. The van der Waals surface area contributed by atoms with Crippen LogP contribution in [0.25, 0.3) is 0 Å². The van der Waals surface area contributed by atoms with Crippen molar-refractivity contribution in [3.05, 3.63) is 34.4 Å². The minimum Gasteiger partial charge on any atom is -0.751 e. The third-order valence-electron chi connectivity index (χ3n) is 2.41. The Morgan fingerprint density at radius 3 is 2.33 bits per heavy atom. The summed E-state index contributed by atoms with van der Waals surface area (Å²) in [6.07, 6.45) is 0. The molecule has 5 nitrogen and oxygen atoms in total. The van der Waals surface area contributed by atoms with Gasteiger partial charge in [0.1, 0.15) is 5.38 Å². The van der Waals surface area contributed by atoms with Crippen LogP contribution in [0.3, 0.4) is 0 Å². The normalized spacial score (nSPS) is 26.3. The van der Waals surface area contributed by atoms with Crippen LogP contribution in [0.4, 0.5) is 11.4 Å². The number of alkyl halides is 1. The van der Waals surface area contributed by atoms with Crippen LogP contribution in [0.15, 0.2) is 24.3 Å². The van der Waals surface area contributed by atoms with Crippen LogP contribution < -0.4 is 34.5 Å². The smallest absolute Gasteiger partial charge is 0.751 e. The molecule has 2 unspecified atom stereocenters. The monoisotopic (exact) mass is 312 g/mol. The summed E-state index contributed by atoms with van der Waals surface area (Å²) in [4.78, 5) is 22.7. The summed E-state index contributed by atoms with van der Waals surface area (Å²) < 4.78 is -1.19. The fraction of sp³-hybridized carbons (Fsp3) is 0.222. The van der Waals surface area contributed by atoms with Gasteiger partial charge in [-0.05, 0) is 16.3 Å². The Morgan fingerprint density at radius 1 is 1.44 bits per heavy atom.